The summed E-state index contributed by atoms with van der Waals surface area (Å²) in [6.45, 7) is 5.44. The Hall–Kier alpha value is -1.91. The Morgan fingerprint density at radius 2 is 1.68 bits per heavy atom. The van der Waals surface area contributed by atoms with Crippen LogP contribution in [0, 0.1) is 13.8 Å². The molecule has 2 heterocycles. The predicted molar refractivity (Wildman–Crippen MR) is 121 cm³/mol. The number of nitrogens with one attached hydrogen (secondary N) is 3. The summed E-state index contributed by atoms with van der Waals surface area (Å²) in [5.74, 6) is 0. The number of para-hydroxylation sites is 1. The molecule has 2 aliphatic rings. The van der Waals surface area contributed by atoms with Crippen LogP contribution in [0.3, 0.4) is 0 Å². The first-order valence-electron chi connectivity index (χ1n) is 10.6. The standard InChI is InChI=1S/C24H31N3S/c1-17-10-12-19(13-11-17)16-27-21-7-5-8-22(27)15-20(14-21)25-24(28)26-23-9-4-3-6-18(23)2/h3-4,6,9-13,20-22H,5,7-8,14-16H2,1-2H3,(H2,25,26,28)/p+1/t20?,21-,22+. The Morgan fingerprint density at radius 1 is 1.00 bits per heavy atom. The van der Waals surface area contributed by atoms with Gasteiger partial charge in [-0.05, 0) is 57.0 Å². The highest BCUT2D eigenvalue weighted by Gasteiger charge is 2.41. The van der Waals surface area contributed by atoms with Crippen molar-refractivity contribution in [2.75, 3.05) is 5.32 Å². The molecular formula is C24H32N3S+. The van der Waals surface area contributed by atoms with Gasteiger partial charge in [0, 0.05) is 30.1 Å². The molecule has 2 bridgehead atoms. The van der Waals surface area contributed by atoms with Crippen LogP contribution >= 0.6 is 12.2 Å². The molecule has 2 saturated heterocycles. The van der Waals surface area contributed by atoms with Crippen LogP contribution in [0.1, 0.15) is 48.8 Å². The largest absolute Gasteiger partial charge is 0.359 e. The Labute approximate surface area is 174 Å². The van der Waals surface area contributed by atoms with Gasteiger partial charge < -0.3 is 15.5 Å². The molecule has 0 spiro atoms. The second-order valence-corrected chi connectivity index (χ2v) is 9.05. The fraction of sp³-hybridized carbons (Fsp3) is 0.458. The van der Waals surface area contributed by atoms with Gasteiger partial charge in [0.15, 0.2) is 5.11 Å². The highest BCUT2D eigenvalue weighted by Crippen LogP contribution is 2.23. The first-order chi connectivity index (χ1) is 13.6. The quantitative estimate of drug-likeness (QED) is 0.690. The summed E-state index contributed by atoms with van der Waals surface area (Å²) in [6, 6.07) is 19.4. The smallest absolute Gasteiger partial charge is 0.171 e. The Kier molecular flexibility index (Phi) is 5.98. The summed E-state index contributed by atoms with van der Waals surface area (Å²) in [7, 11) is 0. The van der Waals surface area contributed by atoms with E-state index in [1.54, 1.807) is 4.90 Å². The van der Waals surface area contributed by atoms with E-state index in [2.05, 4.69) is 73.0 Å². The SMILES string of the molecule is Cc1ccc(C[NH+]2[C@@H]3CCC[C@H]2CC(NC(=S)Nc2ccccc2C)C3)cc1. The number of thiocarbonyl (C=S) groups is 1. The van der Waals surface area contributed by atoms with Crippen LogP contribution in [0.25, 0.3) is 0 Å². The van der Waals surface area contributed by atoms with Gasteiger partial charge in [0.1, 0.15) is 6.54 Å². The van der Waals surface area contributed by atoms with E-state index in [9.17, 15) is 0 Å². The zero-order chi connectivity index (χ0) is 19.5. The molecule has 2 aromatic carbocycles. The molecule has 2 aliphatic heterocycles. The minimum atomic E-state index is 0.487. The van der Waals surface area contributed by atoms with Crippen LogP contribution in [0.2, 0.25) is 0 Å². The van der Waals surface area contributed by atoms with Crippen molar-refractivity contribution in [2.24, 2.45) is 0 Å². The van der Waals surface area contributed by atoms with Gasteiger partial charge in [-0.2, -0.15) is 0 Å². The number of fused-ring (bicyclic) bond motifs is 2. The summed E-state index contributed by atoms with van der Waals surface area (Å²) < 4.78 is 0. The van der Waals surface area contributed by atoms with Gasteiger partial charge in [-0.25, -0.2) is 0 Å². The number of aryl methyl sites for hydroxylation is 2. The molecule has 148 valence electrons. The second-order valence-electron chi connectivity index (χ2n) is 8.64. The summed E-state index contributed by atoms with van der Waals surface area (Å²) in [4.78, 5) is 1.80. The van der Waals surface area contributed by atoms with Crippen LogP contribution in [-0.4, -0.2) is 23.2 Å². The molecule has 2 aromatic rings. The molecule has 2 fully saturated rings. The maximum Gasteiger partial charge on any atom is 0.171 e. The minimum absolute atomic E-state index is 0.487. The van der Waals surface area contributed by atoms with Crippen molar-refractivity contribution >= 4 is 23.0 Å². The fourth-order valence-corrected chi connectivity index (χ4v) is 5.32. The predicted octanol–water partition coefficient (Wildman–Crippen LogP) is 3.76. The number of hydrogen-bond donors (Lipinski definition) is 3. The van der Waals surface area contributed by atoms with Crippen molar-refractivity contribution in [3.05, 3.63) is 65.2 Å². The van der Waals surface area contributed by atoms with Crippen molar-refractivity contribution < 1.29 is 4.90 Å². The van der Waals surface area contributed by atoms with Crippen LogP contribution < -0.4 is 15.5 Å². The number of rotatable bonds is 4. The molecule has 28 heavy (non-hydrogen) atoms. The summed E-state index contributed by atoms with van der Waals surface area (Å²) in [5, 5.41) is 7.78. The van der Waals surface area contributed by atoms with Crippen molar-refractivity contribution in [1.82, 2.24) is 5.32 Å². The van der Waals surface area contributed by atoms with E-state index in [-0.39, 0.29) is 0 Å². The summed E-state index contributed by atoms with van der Waals surface area (Å²) in [5.41, 5.74) is 5.14. The average molecular weight is 395 g/mol. The zero-order valence-electron chi connectivity index (χ0n) is 17.0. The lowest BCUT2D eigenvalue weighted by Crippen LogP contribution is -3.20. The van der Waals surface area contributed by atoms with Crippen LogP contribution in [0.5, 0.6) is 0 Å². The average Bonchev–Trinajstić information content (AvgIpc) is 2.66. The number of anilines is 1. The van der Waals surface area contributed by atoms with E-state index in [1.165, 1.54) is 48.8 Å². The highest BCUT2D eigenvalue weighted by atomic mass is 32.1. The van der Waals surface area contributed by atoms with Crippen LogP contribution in [0.15, 0.2) is 48.5 Å². The molecular weight excluding hydrogens is 362 g/mol. The zero-order valence-corrected chi connectivity index (χ0v) is 17.8. The number of hydrogen-bond acceptors (Lipinski definition) is 1. The maximum absolute atomic E-state index is 5.63. The Morgan fingerprint density at radius 3 is 2.36 bits per heavy atom. The lowest BCUT2D eigenvalue weighted by Gasteiger charge is -2.46. The first-order valence-corrected chi connectivity index (χ1v) is 11.0. The fourth-order valence-electron chi connectivity index (χ4n) is 5.04. The lowest BCUT2D eigenvalue weighted by atomic mass is 9.81. The van der Waals surface area contributed by atoms with E-state index in [1.807, 2.05) is 0 Å². The van der Waals surface area contributed by atoms with Gasteiger partial charge in [-0.3, -0.25) is 0 Å². The number of benzene rings is 2. The molecule has 4 atom stereocenters. The molecule has 3 nitrogen and oxygen atoms in total. The second kappa shape index (κ2) is 8.62. The molecule has 0 aliphatic carbocycles. The van der Waals surface area contributed by atoms with Gasteiger partial charge in [0.05, 0.1) is 12.1 Å². The van der Waals surface area contributed by atoms with E-state index < -0.39 is 0 Å². The number of quaternary nitrogens is 1. The Balaban J connectivity index is 1.37. The molecule has 4 heteroatoms. The normalized spacial score (nSPS) is 26.5. The number of piperidine rings is 2. The van der Waals surface area contributed by atoms with Gasteiger partial charge in [-0.15, -0.1) is 0 Å². The molecule has 2 unspecified atom stereocenters. The van der Waals surface area contributed by atoms with Crippen LogP contribution in [0.4, 0.5) is 5.69 Å². The van der Waals surface area contributed by atoms with E-state index in [0.29, 0.717) is 6.04 Å². The van der Waals surface area contributed by atoms with Gasteiger partial charge in [0.2, 0.25) is 0 Å². The van der Waals surface area contributed by atoms with Crippen molar-refractivity contribution in [1.29, 1.82) is 0 Å². The summed E-state index contributed by atoms with van der Waals surface area (Å²) >= 11 is 5.63. The van der Waals surface area contributed by atoms with Crippen molar-refractivity contribution in [2.45, 2.75) is 70.6 Å². The molecule has 0 radical (unpaired) electrons. The summed E-state index contributed by atoms with van der Waals surface area (Å²) in [6.07, 6.45) is 6.49. The lowest BCUT2D eigenvalue weighted by molar-refractivity contribution is -0.973. The molecule has 4 rings (SSSR count). The third-order valence-electron chi connectivity index (χ3n) is 6.55. The van der Waals surface area contributed by atoms with E-state index in [4.69, 9.17) is 12.2 Å². The topological polar surface area (TPSA) is 28.5 Å². The van der Waals surface area contributed by atoms with Crippen LogP contribution in [-0.2, 0) is 6.54 Å². The molecule has 0 aromatic heterocycles. The monoisotopic (exact) mass is 394 g/mol. The van der Waals surface area contributed by atoms with Gasteiger partial charge in [0.25, 0.3) is 0 Å². The van der Waals surface area contributed by atoms with E-state index >= 15 is 0 Å². The Bertz CT molecular complexity index is 803. The minimum Gasteiger partial charge on any atom is -0.359 e. The van der Waals surface area contributed by atoms with Crippen molar-refractivity contribution in [3.63, 3.8) is 0 Å². The molecule has 0 amide bonds. The van der Waals surface area contributed by atoms with E-state index in [0.717, 1.165) is 29.4 Å². The first kappa shape index (κ1) is 19.4. The highest BCUT2D eigenvalue weighted by molar-refractivity contribution is 7.80. The maximum atomic E-state index is 5.63. The third kappa shape index (κ3) is 4.56. The molecule has 3 N–H and O–H groups in total. The third-order valence-corrected chi connectivity index (χ3v) is 6.77. The molecule has 0 saturated carbocycles. The van der Waals surface area contributed by atoms with Gasteiger partial charge in [-0.1, -0.05) is 48.0 Å². The van der Waals surface area contributed by atoms with Gasteiger partial charge >= 0.3 is 0 Å². The van der Waals surface area contributed by atoms with Crippen molar-refractivity contribution in [3.8, 4) is 0 Å².